The first-order valence-corrected chi connectivity index (χ1v) is 8.26. The zero-order chi connectivity index (χ0) is 11.4. The van der Waals surface area contributed by atoms with Crippen molar-refractivity contribution < 1.29 is 0 Å². The Balaban J connectivity index is 2.17. The molecule has 0 amide bonds. The molecule has 2 heterocycles. The van der Waals surface area contributed by atoms with Crippen LogP contribution in [0.15, 0.2) is 10.7 Å². The van der Waals surface area contributed by atoms with Crippen molar-refractivity contribution in [2.24, 2.45) is 0 Å². The van der Waals surface area contributed by atoms with E-state index in [1.54, 1.807) is 0 Å². The molecule has 0 radical (unpaired) electrons. The Morgan fingerprint density at radius 3 is 3.12 bits per heavy atom. The Hall–Kier alpha value is 0.0600. The summed E-state index contributed by atoms with van der Waals surface area (Å²) in [6, 6.07) is 0. The van der Waals surface area contributed by atoms with Crippen LogP contribution in [0.4, 0.5) is 5.82 Å². The summed E-state index contributed by atoms with van der Waals surface area (Å²) < 4.78 is 0.937. The normalized spacial score (nSPS) is 20.8. The molecule has 0 aliphatic carbocycles. The highest BCUT2D eigenvalue weighted by molar-refractivity contribution is 9.10. The van der Waals surface area contributed by atoms with Gasteiger partial charge in [0.25, 0.3) is 0 Å². The van der Waals surface area contributed by atoms with E-state index in [4.69, 9.17) is 0 Å². The first kappa shape index (κ1) is 12.5. The van der Waals surface area contributed by atoms with Gasteiger partial charge in [-0.25, -0.2) is 9.97 Å². The number of halogens is 1. The first-order valence-electron chi connectivity index (χ1n) is 5.27. The Bertz CT molecular complexity index is 356. The van der Waals surface area contributed by atoms with E-state index in [9.17, 15) is 0 Å². The van der Waals surface area contributed by atoms with Crippen molar-refractivity contribution in [3.8, 4) is 0 Å². The zero-order valence-electron chi connectivity index (χ0n) is 9.07. The van der Waals surface area contributed by atoms with E-state index in [1.165, 1.54) is 11.5 Å². The van der Waals surface area contributed by atoms with Crippen molar-refractivity contribution in [1.82, 2.24) is 9.97 Å². The van der Waals surface area contributed by atoms with E-state index in [-0.39, 0.29) is 0 Å². The van der Waals surface area contributed by atoms with E-state index in [0.717, 1.165) is 28.4 Å². The van der Waals surface area contributed by atoms with Crippen LogP contribution >= 0.6 is 39.5 Å². The summed E-state index contributed by atoms with van der Waals surface area (Å²) in [4.78, 5) is 9.00. The number of nitrogens with one attached hydrogen (secondary N) is 1. The minimum Gasteiger partial charge on any atom is -0.369 e. The number of rotatable bonds is 3. The Kier molecular flexibility index (Phi) is 4.79. The molecule has 1 unspecified atom stereocenters. The SMILES string of the molecule is CCNc1nc(C2CSCCS2)ncc1Br. The van der Waals surface area contributed by atoms with Gasteiger partial charge in [-0.05, 0) is 22.9 Å². The summed E-state index contributed by atoms with van der Waals surface area (Å²) in [5.41, 5.74) is 0. The molecule has 0 saturated carbocycles. The molecule has 16 heavy (non-hydrogen) atoms. The minimum atomic E-state index is 0.448. The van der Waals surface area contributed by atoms with Crippen LogP contribution in [-0.4, -0.2) is 33.8 Å². The zero-order valence-corrected chi connectivity index (χ0v) is 12.3. The average molecular weight is 320 g/mol. The summed E-state index contributed by atoms with van der Waals surface area (Å²) in [6.07, 6.45) is 1.85. The van der Waals surface area contributed by atoms with Gasteiger partial charge in [0.1, 0.15) is 11.6 Å². The fourth-order valence-electron chi connectivity index (χ4n) is 1.46. The lowest BCUT2D eigenvalue weighted by Crippen LogP contribution is -2.12. The van der Waals surface area contributed by atoms with Gasteiger partial charge in [-0.1, -0.05) is 0 Å². The molecule has 88 valence electrons. The second-order valence-electron chi connectivity index (χ2n) is 3.39. The molecule has 1 aliphatic rings. The summed E-state index contributed by atoms with van der Waals surface area (Å²) in [7, 11) is 0. The van der Waals surface area contributed by atoms with Gasteiger partial charge in [0, 0.05) is 30.0 Å². The van der Waals surface area contributed by atoms with Crippen molar-refractivity contribution in [3.05, 3.63) is 16.5 Å². The molecule has 2 rings (SSSR count). The van der Waals surface area contributed by atoms with E-state index in [1.807, 2.05) is 29.7 Å². The standard InChI is InChI=1S/C10H14BrN3S2/c1-2-12-9-7(11)5-13-10(14-9)8-6-15-3-4-16-8/h5,8H,2-4,6H2,1H3,(H,12,13,14). The third-order valence-electron chi connectivity index (χ3n) is 2.21. The summed E-state index contributed by atoms with van der Waals surface area (Å²) >= 11 is 7.40. The summed E-state index contributed by atoms with van der Waals surface area (Å²) in [5, 5.41) is 3.69. The molecule has 1 fully saturated rings. The largest absolute Gasteiger partial charge is 0.369 e. The number of anilines is 1. The van der Waals surface area contributed by atoms with E-state index in [2.05, 4.69) is 38.1 Å². The Morgan fingerprint density at radius 2 is 2.44 bits per heavy atom. The van der Waals surface area contributed by atoms with Crippen molar-refractivity contribution in [1.29, 1.82) is 0 Å². The van der Waals surface area contributed by atoms with Crippen LogP contribution in [0.5, 0.6) is 0 Å². The van der Waals surface area contributed by atoms with Crippen molar-refractivity contribution in [2.45, 2.75) is 12.2 Å². The molecule has 1 aliphatic heterocycles. The predicted molar refractivity (Wildman–Crippen MR) is 76.4 cm³/mol. The second-order valence-corrected chi connectivity index (χ2v) is 6.70. The van der Waals surface area contributed by atoms with Crippen LogP contribution in [-0.2, 0) is 0 Å². The molecular formula is C10H14BrN3S2. The molecule has 0 aromatic carbocycles. The Morgan fingerprint density at radius 1 is 1.56 bits per heavy atom. The number of hydrogen-bond donors (Lipinski definition) is 1. The van der Waals surface area contributed by atoms with E-state index < -0.39 is 0 Å². The molecule has 3 nitrogen and oxygen atoms in total. The first-order chi connectivity index (χ1) is 7.81. The van der Waals surface area contributed by atoms with Crippen molar-refractivity contribution in [2.75, 3.05) is 29.1 Å². The van der Waals surface area contributed by atoms with E-state index in [0.29, 0.717) is 5.25 Å². The van der Waals surface area contributed by atoms with Gasteiger partial charge in [-0.15, -0.1) is 11.8 Å². The fourth-order valence-corrected chi connectivity index (χ4v) is 4.40. The minimum absolute atomic E-state index is 0.448. The Labute approximate surface area is 113 Å². The third kappa shape index (κ3) is 3.05. The molecule has 0 bridgehead atoms. The summed E-state index contributed by atoms with van der Waals surface area (Å²) in [6.45, 7) is 2.95. The molecule has 1 N–H and O–H groups in total. The topological polar surface area (TPSA) is 37.8 Å². The number of aromatic nitrogens is 2. The highest BCUT2D eigenvalue weighted by Crippen LogP contribution is 2.35. The van der Waals surface area contributed by atoms with Crippen LogP contribution in [0.2, 0.25) is 0 Å². The number of nitrogens with zero attached hydrogens (tertiary/aromatic N) is 2. The van der Waals surface area contributed by atoms with Gasteiger partial charge in [0.05, 0.1) is 9.72 Å². The average Bonchev–Trinajstić information content (AvgIpc) is 2.33. The highest BCUT2D eigenvalue weighted by atomic mass is 79.9. The van der Waals surface area contributed by atoms with Crippen LogP contribution in [0.25, 0.3) is 0 Å². The molecule has 1 atom stereocenters. The second kappa shape index (κ2) is 6.12. The third-order valence-corrected chi connectivity index (χ3v) is 5.54. The van der Waals surface area contributed by atoms with Gasteiger partial charge in [0.2, 0.25) is 0 Å². The van der Waals surface area contributed by atoms with Gasteiger partial charge >= 0.3 is 0 Å². The van der Waals surface area contributed by atoms with Crippen molar-refractivity contribution in [3.63, 3.8) is 0 Å². The van der Waals surface area contributed by atoms with Gasteiger partial charge in [-0.2, -0.15) is 11.8 Å². The lowest BCUT2D eigenvalue weighted by atomic mass is 10.4. The maximum Gasteiger partial charge on any atom is 0.144 e. The van der Waals surface area contributed by atoms with Crippen LogP contribution in [0, 0.1) is 0 Å². The van der Waals surface area contributed by atoms with Crippen LogP contribution < -0.4 is 5.32 Å². The monoisotopic (exact) mass is 319 g/mol. The molecule has 1 aromatic rings. The molecular weight excluding hydrogens is 306 g/mol. The summed E-state index contributed by atoms with van der Waals surface area (Å²) in [5.74, 6) is 5.43. The van der Waals surface area contributed by atoms with Gasteiger partial charge < -0.3 is 5.32 Å². The van der Waals surface area contributed by atoms with Gasteiger partial charge in [0.15, 0.2) is 0 Å². The molecule has 0 spiro atoms. The lowest BCUT2D eigenvalue weighted by Gasteiger charge is -2.20. The number of thioether (sulfide) groups is 2. The van der Waals surface area contributed by atoms with E-state index >= 15 is 0 Å². The molecule has 6 heteroatoms. The quantitative estimate of drug-likeness (QED) is 0.926. The maximum atomic E-state index is 4.58. The van der Waals surface area contributed by atoms with Crippen LogP contribution in [0.1, 0.15) is 18.0 Å². The number of hydrogen-bond acceptors (Lipinski definition) is 5. The highest BCUT2D eigenvalue weighted by Gasteiger charge is 2.19. The maximum absolute atomic E-state index is 4.58. The molecule has 1 saturated heterocycles. The lowest BCUT2D eigenvalue weighted by molar-refractivity contribution is 0.916. The van der Waals surface area contributed by atoms with Crippen molar-refractivity contribution >= 4 is 45.3 Å². The predicted octanol–water partition coefficient (Wildman–Crippen LogP) is 3.19. The van der Waals surface area contributed by atoms with Gasteiger partial charge in [-0.3, -0.25) is 0 Å². The van der Waals surface area contributed by atoms with Crippen LogP contribution in [0.3, 0.4) is 0 Å². The molecule has 1 aromatic heterocycles. The smallest absolute Gasteiger partial charge is 0.144 e. The fraction of sp³-hybridized carbons (Fsp3) is 0.600.